The Morgan fingerprint density at radius 1 is 1.54 bits per heavy atom. The molecule has 1 aliphatic heterocycles. The lowest BCUT2D eigenvalue weighted by Crippen LogP contribution is -2.20. The second-order valence-corrected chi connectivity index (χ2v) is 4.26. The van der Waals surface area contributed by atoms with Crippen molar-refractivity contribution in [2.75, 3.05) is 13.2 Å². The maximum atomic E-state index is 5.30. The number of ether oxygens (including phenoxy) is 1. The Morgan fingerprint density at radius 3 is 2.92 bits per heavy atom. The molecular formula is C8H12IN3O. The van der Waals surface area contributed by atoms with Crippen LogP contribution in [0.5, 0.6) is 0 Å². The smallest absolute Gasteiger partial charge is 0.211 e. The number of hydrogen-bond donors (Lipinski definition) is 0. The van der Waals surface area contributed by atoms with Crippen LogP contribution in [-0.2, 0) is 11.3 Å². The summed E-state index contributed by atoms with van der Waals surface area (Å²) in [5.74, 6) is 0.714. The Hall–Kier alpha value is -0.170. The minimum absolute atomic E-state index is 0.714. The fourth-order valence-corrected chi connectivity index (χ4v) is 1.96. The molecule has 5 heteroatoms. The molecule has 1 fully saturated rings. The van der Waals surface area contributed by atoms with Gasteiger partial charge in [-0.15, -0.1) is 5.10 Å². The van der Waals surface area contributed by atoms with Crippen LogP contribution in [0.4, 0.5) is 0 Å². The van der Waals surface area contributed by atoms with Crippen LogP contribution < -0.4 is 0 Å². The van der Waals surface area contributed by atoms with Gasteiger partial charge in [0.1, 0.15) is 6.33 Å². The van der Waals surface area contributed by atoms with E-state index in [1.54, 1.807) is 6.33 Å². The topological polar surface area (TPSA) is 39.9 Å². The van der Waals surface area contributed by atoms with Gasteiger partial charge >= 0.3 is 0 Å². The molecule has 1 aliphatic rings. The number of aromatic nitrogens is 3. The number of hydrogen-bond acceptors (Lipinski definition) is 3. The van der Waals surface area contributed by atoms with Gasteiger partial charge in [0.05, 0.1) is 0 Å². The molecule has 2 heterocycles. The molecule has 0 N–H and O–H groups in total. The zero-order valence-electron chi connectivity index (χ0n) is 7.32. The largest absolute Gasteiger partial charge is 0.381 e. The van der Waals surface area contributed by atoms with E-state index < -0.39 is 0 Å². The van der Waals surface area contributed by atoms with E-state index in [0.29, 0.717) is 5.92 Å². The van der Waals surface area contributed by atoms with Crippen molar-refractivity contribution in [3.8, 4) is 0 Å². The molecule has 0 aliphatic carbocycles. The van der Waals surface area contributed by atoms with Gasteiger partial charge in [-0.2, -0.15) is 0 Å². The molecule has 2 rings (SSSR count). The Bertz CT molecular complexity index is 270. The van der Waals surface area contributed by atoms with Gasteiger partial charge in [-0.3, -0.25) is 4.68 Å². The van der Waals surface area contributed by atoms with Gasteiger partial charge in [-0.05, 0) is 18.8 Å². The summed E-state index contributed by atoms with van der Waals surface area (Å²) >= 11 is 2.13. The Balaban J connectivity index is 1.89. The van der Waals surface area contributed by atoms with Crippen LogP contribution in [0.1, 0.15) is 12.8 Å². The van der Waals surface area contributed by atoms with Crippen molar-refractivity contribution >= 4 is 22.6 Å². The van der Waals surface area contributed by atoms with Gasteiger partial charge in [0.15, 0.2) is 0 Å². The van der Waals surface area contributed by atoms with E-state index >= 15 is 0 Å². The molecule has 13 heavy (non-hydrogen) atoms. The number of halogens is 1. The molecular weight excluding hydrogens is 281 g/mol. The monoisotopic (exact) mass is 293 g/mol. The van der Waals surface area contributed by atoms with Gasteiger partial charge in [-0.1, -0.05) is 0 Å². The highest BCUT2D eigenvalue weighted by Gasteiger charge is 2.14. The molecule has 0 amide bonds. The third kappa shape index (κ3) is 2.63. The summed E-state index contributed by atoms with van der Waals surface area (Å²) in [4.78, 5) is 4.09. The Kier molecular flexibility index (Phi) is 3.15. The lowest BCUT2D eigenvalue weighted by atomic mass is 10.0. The first-order chi connectivity index (χ1) is 6.34. The summed E-state index contributed by atoms with van der Waals surface area (Å²) in [5, 5.41) is 4.26. The summed E-state index contributed by atoms with van der Waals surface area (Å²) in [6.45, 7) is 2.78. The van der Waals surface area contributed by atoms with Crippen molar-refractivity contribution in [1.29, 1.82) is 0 Å². The summed E-state index contributed by atoms with van der Waals surface area (Å²) in [6, 6.07) is 0. The van der Waals surface area contributed by atoms with E-state index in [9.17, 15) is 0 Å². The zero-order valence-corrected chi connectivity index (χ0v) is 9.48. The van der Waals surface area contributed by atoms with E-state index in [4.69, 9.17) is 4.74 Å². The van der Waals surface area contributed by atoms with E-state index in [2.05, 4.69) is 32.7 Å². The summed E-state index contributed by atoms with van der Waals surface area (Å²) < 4.78 is 8.05. The Labute approximate surface area is 90.8 Å². The molecule has 0 bridgehead atoms. The third-order valence-electron chi connectivity index (χ3n) is 2.29. The van der Waals surface area contributed by atoms with Gasteiger partial charge in [0, 0.05) is 42.3 Å². The molecule has 0 unspecified atom stereocenters. The van der Waals surface area contributed by atoms with Crippen LogP contribution in [0.3, 0.4) is 0 Å². The van der Waals surface area contributed by atoms with E-state index in [1.165, 1.54) is 0 Å². The van der Waals surface area contributed by atoms with Crippen molar-refractivity contribution in [2.24, 2.45) is 5.92 Å². The highest BCUT2D eigenvalue weighted by molar-refractivity contribution is 14.1. The van der Waals surface area contributed by atoms with E-state index in [1.807, 2.05) is 4.68 Å². The summed E-state index contributed by atoms with van der Waals surface area (Å²) in [7, 11) is 0. The Morgan fingerprint density at radius 2 is 2.31 bits per heavy atom. The first-order valence-electron chi connectivity index (χ1n) is 4.47. The molecule has 4 nitrogen and oxygen atoms in total. The lowest BCUT2D eigenvalue weighted by molar-refractivity contribution is 0.0601. The maximum absolute atomic E-state index is 5.30. The molecule has 0 spiro atoms. The van der Waals surface area contributed by atoms with Crippen LogP contribution in [0.2, 0.25) is 0 Å². The first-order valence-corrected chi connectivity index (χ1v) is 5.55. The van der Waals surface area contributed by atoms with Gasteiger partial charge in [0.2, 0.25) is 3.83 Å². The predicted molar refractivity (Wildman–Crippen MR) is 56.3 cm³/mol. The minimum atomic E-state index is 0.714. The molecule has 1 aromatic rings. The van der Waals surface area contributed by atoms with Crippen molar-refractivity contribution < 1.29 is 4.74 Å². The third-order valence-corrected chi connectivity index (χ3v) is 2.79. The number of nitrogens with zero attached hydrogens (tertiary/aromatic N) is 3. The standard InChI is InChI=1S/C8H12IN3O/c9-8-10-6-12(11-8)5-7-1-3-13-4-2-7/h6-7H,1-5H2. The van der Waals surface area contributed by atoms with Crippen LogP contribution in [0, 0.1) is 9.75 Å². The zero-order chi connectivity index (χ0) is 9.10. The maximum Gasteiger partial charge on any atom is 0.211 e. The highest BCUT2D eigenvalue weighted by atomic mass is 127. The molecule has 1 aromatic heterocycles. The first kappa shape index (κ1) is 9.39. The normalized spacial score (nSPS) is 19.2. The molecule has 0 radical (unpaired) electrons. The van der Waals surface area contributed by atoms with Crippen LogP contribution in [0.25, 0.3) is 0 Å². The fourth-order valence-electron chi connectivity index (χ4n) is 1.55. The molecule has 0 aromatic carbocycles. The molecule has 0 atom stereocenters. The highest BCUT2D eigenvalue weighted by Crippen LogP contribution is 2.16. The van der Waals surface area contributed by atoms with Crippen molar-refractivity contribution in [3.63, 3.8) is 0 Å². The van der Waals surface area contributed by atoms with Crippen molar-refractivity contribution in [2.45, 2.75) is 19.4 Å². The SMILES string of the molecule is Ic1ncn(CC2CCOCC2)n1. The van der Waals surface area contributed by atoms with Crippen LogP contribution in [-0.4, -0.2) is 28.0 Å². The van der Waals surface area contributed by atoms with Crippen LogP contribution in [0.15, 0.2) is 6.33 Å². The van der Waals surface area contributed by atoms with Crippen molar-refractivity contribution in [1.82, 2.24) is 14.8 Å². The predicted octanol–water partition coefficient (Wildman–Crippen LogP) is 1.31. The lowest BCUT2D eigenvalue weighted by Gasteiger charge is -2.21. The average molecular weight is 293 g/mol. The van der Waals surface area contributed by atoms with Crippen molar-refractivity contribution in [3.05, 3.63) is 10.2 Å². The van der Waals surface area contributed by atoms with E-state index in [-0.39, 0.29) is 0 Å². The van der Waals surface area contributed by atoms with Crippen LogP contribution >= 0.6 is 22.6 Å². The van der Waals surface area contributed by atoms with Gasteiger partial charge < -0.3 is 4.74 Å². The molecule has 0 saturated carbocycles. The van der Waals surface area contributed by atoms with Gasteiger partial charge in [0.25, 0.3) is 0 Å². The molecule has 72 valence electrons. The number of rotatable bonds is 2. The van der Waals surface area contributed by atoms with E-state index in [0.717, 1.165) is 36.4 Å². The minimum Gasteiger partial charge on any atom is -0.381 e. The fraction of sp³-hybridized carbons (Fsp3) is 0.750. The second kappa shape index (κ2) is 4.36. The average Bonchev–Trinajstić information content (AvgIpc) is 2.53. The second-order valence-electron chi connectivity index (χ2n) is 3.29. The molecule has 1 saturated heterocycles. The quantitative estimate of drug-likeness (QED) is 0.772. The van der Waals surface area contributed by atoms with Gasteiger partial charge in [-0.25, -0.2) is 4.98 Å². The summed E-state index contributed by atoms with van der Waals surface area (Å²) in [6.07, 6.45) is 4.10. The summed E-state index contributed by atoms with van der Waals surface area (Å²) in [5.41, 5.74) is 0.